The SMILES string of the molecule is CCOC(=O)[CH+]C(=O)OCC. The Kier molecular flexibility index (Phi) is 4.98. The van der Waals surface area contributed by atoms with Gasteiger partial charge in [0.05, 0.1) is 13.2 Å². The van der Waals surface area contributed by atoms with Gasteiger partial charge in [-0.15, -0.1) is 0 Å². The molecule has 0 radical (unpaired) electrons. The van der Waals surface area contributed by atoms with E-state index in [1.807, 2.05) is 0 Å². The quantitative estimate of drug-likeness (QED) is 0.336. The minimum absolute atomic E-state index is 0.259. The van der Waals surface area contributed by atoms with Crippen LogP contribution in [0.15, 0.2) is 0 Å². The van der Waals surface area contributed by atoms with Crippen LogP contribution in [0.1, 0.15) is 13.8 Å². The molecule has 0 aliphatic carbocycles. The summed E-state index contributed by atoms with van der Waals surface area (Å²) in [5, 5.41) is 0. The van der Waals surface area contributed by atoms with Gasteiger partial charge in [-0.3, -0.25) is 0 Å². The van der Waals surface area contributed by atoms with E-state index in [9.17, 15) is 9.59 Å². The summed E-state index contributed by atoms with van der Waals surface area (Å²) in [5.41, 5.74) is 0. The number of carbonyl (C=O) groups excluding carboxylic acids is 2. The average molecular weight is 159 g/mol. The predicted octanol–water partition coefficient (Wildman–Crippen LogP) is 0.317. The molecule has 0 fully saturated rings. The molecule has 0 atom stereocenters. The second-order valence-electron chi connectivity index (χ2n) is 1.65. The molecule has 0 aromatic heterocycles. The second-order valence-corrected chi connectivity index (χ2v) is 1.65. The summed E-state index contributed by atoms with van der Waals surface area (Å²) in [4.78, 5) is 21.1. The third kappa shape index (κ3) is 5.26. The van der Waals surface area contributed by atoms with E-state index in [2.05, 4.69) is 9.47 Å². The zero-order chi connectivity index (χ0) is 8.69. The fraction of sp³-hybridized carbons (Fsp3) is 0.571. The number of rotatable bonds is 4. The van der Waals surface area contributed by atoms with Crippen molar-refractivity contribution in [3.8, 4) is 0 Å². The number of hydrogen-bond donors (Lipinski definition) is 0. The van der Waals surface area contributed by atoms with Crippen LogP contribution in [0.4, 0.5) is 0 Å². The van der Waals surface area contributed by atoms with Crippen LogP contribution in [-0.4, -0.2) is 25.2 Å². The molecule has 0 aliphatic heterocycles. The molecule has 0 saturated carbocycles. The van der Waals surface area contributed by atoms with Crippen LogP contribution in [-0.2, 0) is 19.1 Å². The maximum absolute atomic E-state index is 10.5. The Bertz CT molecular complexity index is 125. The summed E-state index contributed by atoms with van der Waals surface area (Å²) >= 11 is 0. The highest BCUT2D eigenvalue weighted by atomic mass is 16.5. The lowest BCUT2D eigenvalue weighted by molar-refractivity contribution is -0.147. The maximum Gasteiger partial charge on any atom is 0.510 e. The fourth-order valence-corrected chi connectivity index (χ4v) is 0.464. The van der Waals surface area contributed by atoms with E-state index in [1.54, 1.807) is 13.8 Å². The first kappa shape index (κ1) is 9.81. The molecular formula is C7H11O4+. The highest BCUT2D eigenvalue weighted by Gasteiger charge is 2.24. The molecule has 62 valence electrons. The summed E-state index contributed by atoms with van der Waals surface area (Å²) in [6, 6.07) is 0. The Morgan fingerprint density at radius 3 is 1.73 bits per heavy atom. The molecule has 0 saturated heterocycles. The Balaban J connectivity index is 3.49. The van der Waals surface area contributed by atoms with Crippen molar-refractivity contribution in [3.63, 3.8) is 0 Å². The van der Waals surface area contributed by atoms with Gasteiger partial charge >= 0.3 is 18.4 Å². The van der Waals surface area contributed by atoms with Crippen LogP contribution in [0.3, 0.4) is 0 Å². The normalized spacial score (nSPS) is 8.55. The highest BCUT2D eigenvalue weighted by molar-refractivity contribution is 6.03. The van der Waals surface area contributed by atoms with E-state index < -0.39 is 11.9 Å². The topological polar surface area (TPSA) is 52.6 Å². The Labute approximate surface area is 65.5 Å². The first-order valence-electron chi connectivity index (χ1n) is 3.39. The molecule has 0 aromatic carbocycles. The van der Waals surface area contributed by atoms with Crippen molar-refractivity contribution in [2.24, 2.45) is 0 Å². The van der Waals surface area contributed by atoms with Gasteiger partial charge in [0.1, 0.15) is 0 Å². The van der Waals surface area contributed by atoms with Crippen molar-refractivity contribution < 1.29 is 19.1 Å². The number of esters is 2. The van der Waals surface area contributed by atoms with Crippen LogP contribution in [0.5, 0.6) is 0 Å². The molecule has 0 amide bonds. The summed E-state index contributed by atoms with van der Waals surface area (Å²) in [7, 11) is 0. The zero-order valence-electron chi connectivity index (χ0n) is 6.62. The second kappa shape index (κ2) is 5.58. The number of ether oxygens (including phenoxy) is 2. The molecule has 4 nitrogen and oxygen atoms in total. The van der Waals surface area contributed by atoms with Crippen molar-refractivity contribution in [1.82, 2.24) is 0 Å². The Morgan fingerprint density at radius 2 is 1.45 bits per heavy atom. The van der Waals surface area contributed by atoms with E-state index in [1.165, 1.54) is 0 Å². The monoisotopic (exact) mass is 159 g/mol. The molecule has 0 heterocycles. The standard InChI is InChI=1S/C7H11O4/c1-3-10-6(8)5-7(9)11-4-2/h5H,3-4H2,1-2H3/q+1. The highest BCUT2D eigenvalue weighted by Crippen LogP contribution is 1.88. The minimum atomic E-state index is -0.661. The van der Waals surface area contributed by atoms with Crippen LogP contribution in [0.25, 0.3) is 0 Å². The summed E-state index contributed by atoms with van der Waals surface area (Å²) in [6.45, 7) is 3.84. The Hall–Kier alpha value is -1.19. The molecular weight excluding hydrogens is 148 g/mol. The molecule has 0 aliphatic rings. The van der Waals surface area contributed by atoms with Crippen LogP contribution in [0.2, 0.25) is 0 Å². The third-order valence-corrected chi connectivity index (χ3v) is 0.809. The molecule has 0 rings (SSSR count). The van der Waals surface area contributed by atoms with Gasteiger partial charge in [0.2, 0.25) is 0 Å². The molecule has 0 spiro atoms. The molecule has 0 aromatic rings. The predicted molar refractivity (Wildman–Crippen MR) is 37.6 cm³/mol. The first-order chi connectivity index (χ1) is 5.20. The first-order valence-corrected chi connectivity index (χ1v) is 3.39. The zero-order valence-corrected chi connectivity index (χ0v) is 6.62. The molecule has 0 unspecified atom stereocenters. The minimum Gasteiger partial charge on any atom is -0.430 e. The third-order valence-electron chi connectivity index (χ3n) is 0.809. The molecule has 4 heteroatoms. The van der Waals surface area contributed by atoms with E-state index in [0.29, 0.717) is 0 Å². The van der Waals surface area contributed by atoms with Gasteiger partial charge in [0, 0.05) is 0 Å². The largest absolute Gasteiger partial charge is 0.510 e. The van der Waals surface area contributed by atoms with E-state index in [0.717, 1.165) is 6.42 Å². The summed E-state index contributed by atoms with van der Waals surface area (Å²) < 4.78 is 8.93. The van der Waals surface area contributed by atoms with Gasteiger partial charge in [-0.25, -0.2) is 0 Å². The van der Waals surface area contributed by atoms with Gasteiger partial charge < -0.3 is 9.47 Å². The lowest BCUT2D eigenvalue weighted by Gasteiger charge is -1.91. The van der Waals surface area contributed by atoms with E-state index in [4.69, 9.17) is 0 Å². The van der Waals surface area contributed by atoms with Gasteiger partial charge in [-0.05, 0) is 13.8 Å². The number of carbonyl (C=O) groups is 2. The lowest BCUT2D eigenvalue weighted by atomic mass is 10.4. The van der Waals surface area contributed by atoms with Gasteiger partial charge in [0.25, 0.3) is 0 Å². The van der Waals surface area contributed by atoms with Crippen molar-refractivity contribution >= 4 is 11.9 Å². The van der Waals surface area contributed by atoms with Crippen LogP contribution >= 0.6 is 0 Å². The van der Waals surface area contributed by atoms with Crippen molar-refractivity contribution in [2.75, 3.05) is 13.2 Å². The van der Waals surface area contributed by atoms with Crippen LogP contribution in [0, 0.1) is 6.42 Å². The van der Waals surface area contributed by atoms with Crippen LogP contribution < -0.4 is 0 Å². The molecule has 11 heavy (non-hydrogen) atoms. The maximum atomic E-state index is 10.5. The smallest absolute Gasteiger partial charge is 0.430 e. The molecule has 0 N–H and O–H groups in total. The fourth-order valence-electron chi connectivity index (χ4n) is 0.464. The van der Waals surface area contributed by atoms with Crippen molar-refractivity contribution in [1.29, 1.82) is 0 Å². The average Bonchev–Trinajstić information content (AvgIpc) is 1.87. The Morgan fingerprint density at radius 1 is 1.09 bits per heavy atom. The lowest BCUT2D eigenvalue weighted by Crippen LogP contribution is -2.14. The number of hydrogen-bond acceptors (Lipinski definition) is 4. The van der Waals surface area contributed by atoms with Crippen molar-refractivity contribution in [2.45, 2.75) is 13.8 Å². The van der Waals surface area contributed by atoms with Gasteiger partial charge in [-0.2, -0.15) is 9.59 Å². The summed E-state index contributed by atoms with van der Waals surface area (Å²) in [5.74, 6) is -1.32. The van der Waals surface area contributed by atoms with E-state index in [-0.39, 0.29) is 13.2 Å². The van der Waals surface area contributed by atoms with E-state index >= 15 is 0 Å². The van der Waals surface area contributed by atoms with Gasteiger partial charge in [0.15, 0.2) is 0 Å². The van der Waals surface area contributed by atoms with Crippen molar-refractivity contribution in [3.05, 3.63) is 6.42 Å². The summed E-state index contributed by atoms with van der Waals surface area (Å²) in [6.07, 6.45) is 0.785. The van der Waals surface area contributed by atoms with Gasteiger partial charge in [-0.1, -0.05) is 0 Å². The molecule has 0 bridgehead atoms.